The Morgan fingerprint density at radius 3 is 2.15 bits per heavy atom. The molecule has 11 nitrogen and oxygen atoms in total. The van der Waals surface area contributed by atoms with Gasteiger partial charge in [0.05, 0.1) is 27.4 Å². The standard InChI is InChI=1S/C42H41N5O6/c1-50-37-23-29(24-38(25-37)51-2)27-44-41(49)42(26-34-11-6-7-12-35(34)28-45-47-43)39(32-15-13-31(14-16-32)30-9-4-3-5-10-30)53-40(46-42)33-17-19-36(20-18-33)52-22-8-21-48/h3-7,9-20,23-25,39,48H,8,21-22,26-28H2,1-2H3,(H,44,49)/t39-,42-/m1/s1. The third-order valence-electron chi connectivity index (χ3n) is 9.10. The zero-order valence-corrected chi connectivity index (χ0v) is 29.6. The van der Waals surface area contributed by atoms with Gasteiger partial charge < -0.3 is 29.4 Å². The van der Waals surface area contributed by atoms with Gasteiger partial charge in [-0.2, -0.15) is 0 Å². The molecule has 0 aliphatic carbocycles. The van der Waals surface area contributed by atoms with Gasteiger partial charge in [0.15, 0.2) is 11.6 Å². The number of carbonyl (C=O) groups excluding carboxylic acids is 1. The van der Waals surface area contributed by atoms with Crippen LogP contribution in [0.5, 0.6) is 17.2 Å². The van der Waals surface area contributed by atoms with E-state index in [1.165, 1.54) is 0 Å². The topological polar surface area (TPSA) is 147 Å². The zero-order valence-electron chi connectivity index (χ0n) is 29.6. The minimum absolute atomic E-state index is 0.0396. The first-order valence-corrected chi connectivity index (χ1v) is 17.3. The molecule has 5 aromatic rings. The smallest absolute Gasteiger partial charge is 0.252 e. The summed E-state index contributed by atoms with van der Waals surface area (Å²) in [4.78, 5) is 23.1. The molecule has 2 atom stereocenters. The number of amides is 1. The van der Waals surface area contributed by atoms with E-state index in [-0.39, 0.29) is 32.0 Å². The maximum Gasteiger partial charge on any atom is 0.252 e. The van der Waals surface area contributed by atoms with E-state index in [0.29, 0.717) is 41.7 Å². The largest absolute Gasteiger partial charge is 0.497 e. The highest BCUT2D eigenvalue weighted by Crippen LogP contribution is 2.43. The third kappa shape index (κ3) is 8.61. The van der Waals surface area contributed by atoms with Crippen molar-refractivity contribution >= 4 is 11.8 Å². The summed E-state index contributed by atoms with van der Waals surface area (Å²) in [5.74, 6) is 1.78. The van der Waals surface area contributed by atoms with Crippen LogP contribution in [0.3, 0.4) is 0 Å². The number of aliphatic imine (C=N–C) groups is 1. The zero-order chi connectivity index (χ0) is 37.0. The van der Waals surface area contributed by atoms with Crippen molar-refractivity contribution in [2.24, 2.45) is 10.1 Å². The second-order valence-corrected chi connectivity index (χ2v) is 12.5. The highest BCUT2D eigenvalue weighted by Gasteiger charge is 2.53. The van der Waals surface area contributed by atoms with Gasteiger partial charge in [-0.25, -0.2) is 4.99 Å². The molecule has 270 valence electrons. The van der Waals surface area contributed by atoms with Crippen LogP contribution in [-0.4, -0.2) is 49.9 Å². The summed E-state index contributed by atoms with van der Waals surface area (Å²) in [6.45, 7) is 0.697. The van der Waals surface area contributed by atoms with E-state index >= 15 is 0 Å². The molecule has 1 heterocycles. The Morgan fingerprint density at radius 2 is 1.49 bits per heavy atom. The van der Waals surface area contributed by atoms with E-state index in [4.69, 9.17) is 34.6 Å². The Kier molecular flexibility index (Phi) is 11.9. The number of nitrogens with zero attached hydrogens (tertiary/aromatic N) is 4. The van der Waals surface area contributed by atoms with E-state index in [1.807, 2.05) is 115 Å². The summed E-state index contributed by atoms with van der Waals surface area (Å²) in [7, 11) is 3.15. The second kappa shape index (κ2) is 17.3. The number of aliphatic hydroxyl groups excluding tert-OH is 1. The van der Waals surface area contributed by atoms with E-state index in [1.54, 1.807) is 20.3 Å². The van der Waals surface area contributed by atoms with Crippen molar-refractivity contribution < 1.29 is 28.8 Å². The van der Waals surface area contributed by atoms with Crippen LogP contribution in [0, 0.1) is 0 Å². The van der Waals surface area contributed by atoms with Crippen molar-refractivity contribution in [3.8, 4) is 28.4 Å². The van der Waals surface area contributed by atoms with Crippen LogP contribution < -0.4 is 19.5 Å². The van der Waals surface area contributed by atoms with Gasteiger partial charge in [0, 0.05) is 42.5 Å². The van der Waals surface area contributed by atoms with Crippen LogP contribution >= 0.6 is 0 Å². The van der Waals surface area contributed by atoms with Crippen molar-refractivity contribution in [1.82, 2.24) is 5.32 Å². The summed E-state index contributed by atoms with van der Waals surface area (Å²) < 4.78 is 23.5. The summed E-state index contributed by atoms with van der Waals surface area (Å²) in [5.41, 5.74) is 13.5. The quantitative estimate of drug-likeness (QED) is 0.0463. The molecule has 5 aromatic carbocycles. The molecule has 0 saturated heterocycles. The fraction of sp³-hybridized carbons (Fsp3) is 0.238. The van der Waals surface area contributed by atoms with Gasteiger partial charge in [-0.1, -0.05) is 84.0 Å². The molecule has 1 aliphatic heterocycles. The van der Waals surface area contributed by atoms with E-state index in [2.05, 4.69) is 15.3 Å². The van der Waals surface area contributed by atoms with Gasteiger partial charge in [-0.05, 0) is 75.3 Å². The summed E-state index contributed by atoms with van der Waals surface area (Å²) >= 11 is 0. The Morgan fingerprint density at radius 1 is 0.849 bits per heavy atom. The van der Waals surface area contributed by atoms with E-state index < -0.39 is 11.6 Å². The number of azide groups is 1. The number of rotatable bonds is 16. The maximum atomic E-state index is 14.9. The molecule has 0 aromatic heterocycles. The lowest BCUT2D eigenvalue weighted by molar-refractivity contribution is -0.129. The predicted molar refractivity (Wildman–Crippen MR) is 203 cm³/mol. The first-order valence-electron chi connectivity index (χ1n) is 17.3. The van der Waals surface area contributed by atoms with Gasteiger partial charge in [-0.3, -0.25) is 4.79 Å². The van der Waals surface area contributed by atoms with Crippen molar-refractivity contribution in [3.63, 3.8) is 0 Å². The average Bonchev–Trinajstić information content (AvgIpc) is 3.60. The molecular formula is C42H41N5O6. The Bertz CT molecular complexity index is 2060. The van der Waals surface area contributed by atoms with Crippen LogP contribution in [0.25, 0.3) is 21.6 Å². The Hall–Kier alpha value is -6.29. The molecule has 1 aliphatic rings. The average molecular weight is 712 g/mol. The fourth-order valence-electron chi connectivity index (χ4n) is 6.35. The lowest BCUT2D eigenvalue weighted by atomic mass is 9.80. The number of benzene rings is 5. The van der Waals surface area contributed by atoms with Gasteiger partial charge in [0.25, 0.3) is 5.91 Å². The molecule has 0 radical (unpaired) electrons. The van der Waals surface area contributed by atoms with Crippen molar-refractivity contribution in [3.05, 3.63) is 160 Å². The molecule has 0 fully saturated rings. The van der Waals surface area contributed by atoms with Gasteiger partial charge in [0.1, 0.15) is 17.2 Å². The lowest BCUT2D eigenvalue weighted by Gasteiger charge is -2.31. The summed E-state index contributed by atoms with van der Waals surface area (Å²) in [5, 5.41) is 16.1. The highest BCUT2D eigenvalue weighted by molar-refractivity contribution is 6.01. The minimum atomic E-state index is -1.49. The SMILES string of the molecule is COc1cc(CNC(=O)[C@]2(Cc3ccccc3CN=[N+]=[N-])N=C(c3ccc(OCCCO)cc3)O[C@@H]2c2ccc(-c3ccccc3)cc2)cc(OC)c1. The molecule has 6 rings (SSSR count). The maximum absolute atomic E-state index is 14.9. The van der Waals surface area contributed by atoms with Crippen molar-refractivity contribution in [2.75, 3.05) is 27.4 Å². The predicted octanol–water partition coefficient (Wildman–Crippen LogP) is 7.76. The monoisotopic (exact) mass is 711 g/mol. The van der Waals surface area contributed by atoms with E-state index in [9.17, 15) is 4.79 Å². The Balaban J connectivity index is 1.45. The van der Waals surface area contributed by atoms with Gasteiger partial charge >= 0.3 is 0 Å². The number of carbonyl (C=O) groups is 1. The first-order chi connectivity index (χ1) is 26.0. The number of ether oxygens (including phenoxy) is 4. The van der Waals surface area contributed by atoms with Crippen LogP contribution in [0.2, 0.25) is 0 Å². The van der Waals surface area contributed by atoms with Crippen LogP contribution in [0.15, 0.2) is 131 Å². The molecule has 0 spiro atoms. The van der Waals surface area contributed by atoms with Crippen molar-refractivity contribution in [1.29, 1.82) is 0 Å². The molecular weight excluding hydrogens is 670 g/mol. The van der Waals surface area contributed by atoms with E-state index in [0.717, 1.165) is 33.4 Å². The minimum Gasteiger partial charge on any atom is -0.497 e. The summed E-state index contributed by atoms with van der Waals surface area (Å²) in [6.07, 6.45) is -0.173. The van der Waals surface area contributed by atoms with Gasteiger partial charge in [-0.15, -0.1) is 0 Å². The highest BCUT2D eigenvalue weighted by atomic mass is 16.5. The normalized spacial score (nSPS) is 16.1. The number of hydrogen-bond donors (Lipinski definition) is 2. The molecule has 0 bridgehead atoms. The number of aliphatic hydroxyl groups is 1. The fourth-order valence-corrected chi connectivity index (χ4v) is 6.35. The van der Waals surface area contributed by atoms with Gasteiger partial charge in [0.2, 0.25) is 5.90 Å². The van der Waals surface area contributed by atoms with Crippen LogP contribution in [0.4, 0.5) is 0 Å². The molecule has 53 heavy (non-hydrogen) atoms. The molecule has 2 N–H and O–H groups in total. The first kappa shape index (κ1) is 36.5. The van der Waals surface area contributed by atoms with Crippen LogP contribution in [0.1, 0.15) is 40.3 Å². The number of nitrogens with one attached hydrogen (secondary N) is 1. The molecule has 0 unspecified atom stereocenters. The van der Waals surface area contributed by atoms with Crippen molar-refractivity contribution in [2.45, 2.75) is 37.6 Å². The summed E-state index contributed by atoms with van der Waals surface area (Å²) in [6, 6.07) is 38.4. The number of hydrogen-bond acceptors (Lipinski definition) is 8. The number of methoxy groups -OCH3 is 2. The lowest BCUT2D eigenvalue weighted by Crippen LogP contribution is -2.49. The molecule has 1 amide bonds. The third-order valence-corrected chi connectivity index (χ3v) is 9.10. The molecule has 11 heteroatoms. The van der Waals surface area contributed by atoms with Crippen LogP contribution in [-0.2, 0) is 29.0 Å². The second-order valence-electron chi connectivity index (χ2n) is 12.5. The molecule has 0 saturated carbocycles. The Labute approximate surface area is 308 Å².